The molecule has 1 amide bonds. The van der Waals surface area contributed by atoms with Crippen molar-refractivity contribution >= 4 is 41.0 Å². The molecule has 1 N–H and O–H groups in total. The molecule has 174 valence electrons. The molecular weight excluding hydrogens is 472 g/mol. The molecule has 1 aliphatic heterocycles. The quantitative estimate of drug-likeness (QED) is 0.227. The second kappa shape index (κ2) is 10.5. The van der Waals surface area contributed by atoms with Crippen LogP contribution in [0.3, 0.4) is 0 Å². The van der Waals surface area contributed by atoms with Crippen LogP contribution in [0, 0.1) is 11.3 Å². The Morgan fingerprint density at radius 1 is 1.03 bits per heavy atom. The molecule has 8 nitrogen and oxygen atoms in total. The molecule has 1 aliphatic rings. The monoisotopic (exact) mass is 488 g/mol. The van der Waals surface area contributed by atoms with Crippen LogP contribution < -0.4 is 14.8 Å². The predicted octanol–water partition coefficient (Wildman–Crippen LogP) is 4.39. The first-order valence-corrected chi connectivity index (χ1v) is 10.7. The van der Waals surface area contributed by atoms with Crippen LogP contribution in [0.15, 0.2) is 72.3 Å². The Bertz CT molecular complexity index is 1380. The minimum absolute atomic E-state index is 0.0943. The van der Waals surface area contributed by atoms with Crippen molar-refractivity contribution in [3.63, 3.8) is 0 Å². The molecule has 0 atom stereocenters. The number of amides is 1. The third-order valence-corrected chi connectivity index (χ3v) is 5.15. The van der Waals surface area contributed by atoms with Gasteiger partial charge in [0.25, 0.3) is 5.91 Å². The number of nitriles is 1. The summed E-state index contributed by atoms with van der Waals surface area (Å²) in [4.78, 5) is 37.7. The van der Waals surface area contributed by atoms with Crippen molar-refractivity contribution in [1.29, 1.82) is 5.26 Å². The molecule has 0 aliphatic carbocycles. The number of carbonyl (C=O) groups is 3. The number of benzene rings is 3. The first kappa shape index (κ1) is 23.5. The zero-order valence-electron chi connectivity index (χ0n) is 18.1. The largest absolute Gasteiger partial charge is 0.454 e. The van der Waals surface area contributed by atoms with Crippen molar-refractivity contribution < 1.29 is 28.6 Å². The average Bonchev–Trinajstić information content (AvgIpc) is 3.35. The van der Waals surface area contributed by atoms with E-state index in [0.717, 1.165) is 0 Å². The number of nitrogens with zero attached hydrogens (tertiary/aromatic N) is 1. The lowest BCUT2D eigenvalue weighted by Gasteiger charge is -2.11. The summed E-state index contributed by atoms with van der Waals surface area (Å²) in [6.45, 7) is -0.572. The van der Waals surface area contributed by atoms with E-state index in [4.69, 9.17) is 25.8 Å². The first-order valence-electron chi connectivity index (χ1n) is 10.3. The molecule has 1 heterocycles. The Morgan fingerprint density at radius 2 is 1.80 bits per heavy atom. The summed E-state index contributed by atoms with van der Waals surface area (Å²) in [5.74, 6) is -0.946. The zero-order valence-corrected chi connectivity index (χ0v) is 18.9. The lowest BCUT2D eigenvalue weighted by atomic mass is 10.0. The van der Waals surface area contributed by atoms with Gasteiger partial charge in [-0.15, -0.1) is 0 Å². The summed E-state index contributed by atoms with van der Waals surface area (Å²) >= 11 is 6.05. The van der Waals surface area contributed by atoms with Crippen LogP contribution in [0.1, 0.15) is 21.5 Å². The van der Waals surface area contributed by atoms with E-state index in [2.05, 4.69) is 5.32 Å². The molecule has 0 aromatic heterocycles. The number of hydrogen-bond acceptors (Lipinski definition) is 7. The topological polar surface area (TPSA) is 115 Å². The highest BCUT2D eigenvalue weighted by Gasteiger charge is 2.19. The molecule has 9 heteroatoms. The molecular formula is C26H17ClN2O6. The summed E-state index contributed by atoms with van der Waals surface area (Å²) in [5.41, 5.74) is 1.04. The third kappa shape index (κ3) is 5.66. The summed E-state index contributed by atoms with van der Waals surface area (Å²) < 4.78 is 15.5. The number of carbonyl (C=O) groups excluding carboxylic acids is 3. The Labute approximate surface area is 205 Å². The van der Waals surface area contributed by atoms with Gasteiger partial charge in [-0.1, -0.05) is 48.0 Å². The van der Waals surface area contributed by atoms with Crippen LogP contribution in [-0.2, 0) is 14.3 Å². The summed E-state index contributed by atoms with van der Waals surface area (Å²) in [7, 11) is 0. The van der Waals surface area contributed by atoms with Crippen molar-refractivity contribution in [2.45, 2.75) is 0 Å². The fourth-order valence-corrected chi connectivity index (χ4v) is 3.43. The SMILES string of the molecule is N#CC(=Cc1ccc2c(c1)OCO2)C(=O)OCC(=O)Nc1ccc(Cl)cc1C(=O)c1ccccc1. The van der Waals surface area contributed by atoms with Gasteiger partial charge < -0.3 is 19.5 Å². The van der Waals surface area contributed by atoms with Crippen molar-refractivity contribution in [3.05, 3.63) is 94.0 Å². The molecule has 0 bridgehead atoms. The number of fused-ring (bicyclic) bond motifs is 1. The molecule has 0 saturated carbocycles. The van der Waals surface area contributed by atoms with Crippen molar-refractivity contribution in [3.8, 4) is 17.6 Å². The minimum Gasteiger partial charge on any atom is -0.454 e. The van der Waals surface area contributed by atoms with E-state index in [0.29, 0.717) is 27.6 Å². The summed E-state index contributed by atoms with van der Waals surface area (Å²) in [6, 6.07) is 19.6. The highest BCUT2D eigenvalue weighted by Crippen LogP contribution is 2.33. The van der Waals surface area contributed by atoms with Crippen molar-refractivity contribution in [1.82, 2.24) is 0 Å². The number of anilines is 1. The van der Waals surface area contributed by atoms with Gasteiger partial charge in [0.05, 0.1) is 5.69 Å². The van der Waals surface area contributed by atoms with Crippen LogP contribution >= 0.6 is 11.6 Å². The zero-order chi connectivity index (χ0) is 24.8. The minimum atomic E-state index is -0.975. The maximum Gasteiger partial charge on any atom is 0.349 e. The maximum absolute atomic E-state index is 12.9. The van der Waals surface area contributed by atoms with E-state index in [-0.39, 0.29) is 29.4 Å². The Morgan fingerprint density at radius 3 is 2.57 bits per heavy atom. The number of nitrogens with one attached hydrogen (secondary N) is 1. The van der Waals surface area contributed by atoms with E-state index in [1.165, 1.54) is 24.3 Å². The summed E-state index contributed by atoms with van der Waals surface area (Å²) in [5, 5.41) is 12.2. The smallest absolute Gasteiger partial charge is 0.349 e. The van der Waals surface area contributed by atoms with E-state index in [9.17, 15) is 19.6 Å². The number of rotatable bonds is 7. The van der Waals surface area contributed by atoms with Crippen LogP contribution in [-0.4, -0.2) is 31.1 Å². The van der Waals surface area contributed by atoms with E-state index < -0.39 is 18.5 Å². The third-order valence-electron chi connectivity index (χ3n) is 4.92. The van der Waals surface area contributed by atoms with Crippen molar-refractivity contribution in [2.75, 3.05) is 18.7 Å². The first-order chi connectivity index (χ1) is 16.9. The molecule has 4 rings (SSSR count). The van der Waals surface area contributed by atoms with Gasteiger partial charge in [-0.05, 0) is 42.0 Å². The van der Waals surface area contributed by atoms with Crippen LogP contribution in [0.2, 0.25) is 5.02 Å². The van der Waals surface area contributed by atoms with Crippen LogP contribution in [0.5, 0.6) is 11.5 Å². The Balaban J connectivity index is 1.42. The molecule has 0 fully saturated rings. The van der Waals surface area contributed by atoms with Gasteiger partial charge >= 0.3 is 5.97 Å². The fourth-order valence-electron chi connectivity index (χ4n) is 3.26. The van der Waals surface area contributed by atoms with Gasteiger partial charge in [0.15, 0.2) is 23.9 Å². The van der Waals surface area contributed by atoms with E-state index in [1.54, 1.807) is 54.6 Å². The maximum atomic E-state index is 12.9. The van der Waals surface area contributed by atoms with Crippen LogP contribution in [0.25, 0.3) is 6.08 Å². The standard InChI is InChI=1S/C26H17ClN2O6/c27-19-7-8-21(20(12-19)25(31)17-4-2-1-3-5-17)29-24(30)14-33-26(32)18(13-28)10-16-6-9-22-23(11-16)35-15-34-22/h1-12H,14-15H2,(H,29,30). The number of halogens is 1. The predicted molar refractivity (Wildman–Crippen MR) is 127 cm³/mol. The molecule has 0 saturated heterocycles. The Hall–Kier alpha value is -4.61. The normalized spacial score (nSPS) is 11.9. The second-order valence-corrected chi connectivity index (χ2v) is 7.73. The number of ketones is 1. The molecule has 3 aromatic rings. The number of ether oxygens (including phenoxy) is 3. The van der Waals surface area contributed by atoms with Gasteiger partial charge in [0.1, 0.15) is 11.6 Å². The van der Waals surface area contributed by atoms with Crippen molar-refractivity contribution in [2.24, 2.45) is 0 Å². The molecule has 0 spiro atoms. The lowest BCUT2D eigenvalue weighted by molar-refractivity contribution is -0.142. The number of hydrogen-bond donors (Lipinski definition) is 1. The van der Waals surface area contributed by atoms with Gasteiger partial charge in [-0.2, -0.15) is 5.26 Å². The molecule has 3 aromatic carbocycles. The van der Waals surface area contributed by atoms with Gasteiger partial charge in [-0.3, -0.25) is 9.59 Å². The highest BCUT2D eigenvalue weighted by atomic mass is 35.5. The second-order valence-electron chi connectivity index (χ2n) is 7.29. The Kier molecular flexibility index (Phi) is 7.10. The average molecular weight is 489 g/mol. The molecule has 0 radical (unpaired) electrons. The fraction of sp³-hybridized carbons (Fsp3) is 0.0769. The summed E-state index contributed by atoms with van der Waals surface area (Å²) in [6.07, 6.45) is 1.32. The van der Waals surface area contributed by atoms with E-state index in [1.807, 2.05) is 0 Å². The van der Waals surface area contributed by atoms with E-state index >= 15 is 0 Å². The van der Waals surface area contributed by atoms with Crippen LogP contribution in [0.4, 0.5) is 5.69 Å². The van der Waals surface area contributed by atoms with Gasteiger partial charge in [0, 0.05) is 16.1 Å². The molecule has 35 heavy (non-hydrogen) atoms. The highest BCUT2D eigenvalue weighted by molar-refractivity contribution is 6.31. The molecule has 0 unspecified atom stereocenters. The number of esters is 1. The van der Waals surface area contributed by atoms with Gasteiger partial charge in [0.2, 0.25) is 6.79 Å². The van der Waals surface area contributed by atoms with Gasteiger partial charge in [-0.25, -0.2) is 4.79 Å². The lowest BCUT2D eigenvalue weighted by Crippen LogP contribution is -2.22.